The van der Waals surface area contributed by atoms with Crippen LogP contribution in [-0.4, -0.2) is 34.7 Å². The summed E-state index contributed by atoms with van der Waals surface area (Å²) >= 11 is 0. The molecule has 2 unspecified atom stereocenters. The lowest BCUT2D eigenvalue weighted by atomic mass is 9.77. The van der Waals surface area contributed by atoms with E-state index in [4.69, 9.17) is 10.2 Å². The van der Waals surface area contributed by atoms with E-state index in [0.717, 1.165) is 11.1 Å². The monoisotopic (exact) mass is 235 g/mol. The lowest BCUT2D eigenvalue weighted by molar-refractivity contribution is -0.146. The van der Waals surface area contributed by atoms with Crippen LogP contribution in [0, 0.1) is 0 Å². The molecule has 0 aliphatic heterocycles. The summed E-state index contributed by atoms with van der Waals surface area (Å²) in [5.74, 6) is -1.78. The van der Waals surface area contributed by atoms with Crippen LogP contribution in [0.1, 0.15) is 17.0 Å². The highest BCUT2D eigenvalue weighted by Gasteiger charge is 2.31. The van der Waals surface area contributed by atoms with Crippen LogP contribution in [0.2, 0.25) is 0 Å². The zero-order valence-electron chi connectivity index (χ0n) is 9.09. The summed E-state index contributed by atoms with van der Waals surface area (Å²) in [7, 11) is 0. The Balaban J connectivity index is 1.90. The Hall–Kier alpha value is -1.88. The van der Waals surface area contributed by atoms with Crippen molar-refractivity contribution in [3.63, 3.8) is 0 Å². The molecule has 90 valence electrons. The Morgan fingerprint density at radius 3 is 2.76 bits per heavy atom. The molecule has 0 radical (unpaired) electrons. The minimum atomic E-state index is -1.55. The number of hydrogen-bond acceptors (Lipinski definition) is 3. The molecule has 0 fully saturated rings. The number of fused-ring (bicyclic) bond motifs is 1. The van der Waals surface area contributed by atoms with Crippen molar-refractivity contribution in [2.45, 2.75) is 18.4 Å². The number of hydrogen-bond donors (Lipinski definition) is 3. The second kappa shape index (κ2) is 4.55. The molecule has 17 heavy (non-hydrogen) atoms. The minimum absolute atomic E-state index is 0.216. The fourth-order valence-electron chi connectivity index (χ4n) is 1.90. The second-order valence-electron chi connectivity index (χ2n) is 4.05. The highest BCUT2D eigenvalue weighted by atomic mass is 16.4. The summed E-state index contributed by atoms with van der Waals surface area (Å²) in [6.45, 7) is -0.257. The maximum Gasteiger partial charge on any atom is 0.334 e. The third kappa shape index (κ3) is 2.29. The zero-order valence-corrected chi connectivity index (χ0v) is 9.09. The van der Waals surface area contributed by atoms with E-state index in [1.54, 1.807) is 0 Å². The third-order valence-electron chi connectivity index (χ3n) is 2.93. The molecule has 5 nitrogen and oxygen atoms in total. The maximum atomic E-state index is 11.7. The van der Waals surface area contributed by atoms with Gasteiger partial charge in [0.1, 0.15) is 0 Å². The van der Waals surface area contributed by atoms with Crippen molar-refractivity contribution in [2.75, 3.05) is 6.54 Å². The van der Waals surface area contributed by atoms with E-state index in [9.17, 15) is 9.59 Å². The molecule has 1 aromatic carbocycles. The lowest BCUT2D eigenvalue weighted by Gasteiger charge is -2.29. The van der Waals surface area contributed by atoms with Crippen LogP contribution < -0.4 is 5.32 Å². The largest absolute Gasteiger partial charge is 0.479 e. The van der Waals surface area contributed by atoms with Gasteiger partial charge in [-0.25, -0.2) is 4.79 Å². The summed E-state index contributed by atoms with van der Waals surface area (Å²) in [6.07, 6.45) is -0.875. The first kappa shape index (κ1) is 11.6. The zero-order chi connectivity index (χ0) is 12.4. The number of nitrogens with one attached hydrogen (secondary N) is 1. The Bertz CT molecular complexity index is 458. The number of carboxylic acids is 1. The van der Waals surface area contributed by atoms with Gasteiger partial charge in [-0.15, -0.1) is 0 Å². The van der Waals surface area contributed by atoms with Gasteiger partial charge in [-0.05, 0) is 17.5 Å². The van der Waals surface area contributed by atoms with Gasteiger partial charge in [0.2, 0.25) is 5.91 Å². The quantitative estimate of drug-likeness (QED) is 0.679. The molecule has 0 heterocycles. The number of aliphatic hydroxyl groups is 1. The van der Waals surface area contributed by atoms with Crippen molar-refractivity contribution in [1.82, 2.24) is 5.32 Å². The number of amides is 1. The minimum Gasteiger partial charge on any atom is -0.479 e. The van der Waals surface area contributed by atoms with Gasteiger partial charge in [-0.2, -0.15) is 0 Å². The first-order valence-electron chi connectivity index (χ1n) is 5.36. The van der Waals surface area contributed by atoms with E-state index in [1.807, 2.05) is 24.3 Å². The summed E-state index contributed by atoms with van der Waals surface area (Å²) in [5.41, 5.74) is 2.13. The molecular formula is C12H13NO4. The molecule has 3 N–H and O–H groups in total. The molecule has 5 heteroatoms. The van der Waals surface area contributed by atoms with Crippen molar-refractivity contribution in [3.8, 4) is 0 Å². The van der Waals surface area contributed by atoms with Crippen LogP contribution in [0.25, 0.3) is 0 Å². The van der Waals surface area contributed by atoms with Gasteiger partial charge in [0.05, 0.1) is 12.5 Å². The lowest BCUT2D eigenvalue weighted by Crippen LogP contribution is -2.41. The Morgan fingerprint density at radius 2 is 2.12 bits per heavy atom. The predicted octanol–water partition coefficient (Wildman–Crippen LogP) is -0.112. The van der Waals surface area contributed by atoms with Crippen molar-refractivity contribution in [1.29, 1.82) is 0 Å². The molecule has 2 rings (SSSR count). The van der Waals surface area contributed by atoms with E-state index >= 15 is 0 Å². The van der Waals surface area contributed by atoms with Crippen LogP contribution in [-0.2, 0) is 16.0 Å². The maximum absolute atomic E-state index is 11.7. The standard InChI is InChI=1S/C12H13NO4/c14-10(12(16)17)6-13-11(15)9-5-7-3-1-2-4-8(7)9/h1-4,9-10,14H,5-6H2,(H,13,15)(H,16,17). The van der Waals surface area contributed by atoms with Gasteiger partial charge < -0.3 is 15.5 Å². The molecule has 0 bridgehead atoms. The van der Waals surface area contributed by atoms with E-state index in [1.165, 1.54) is 0 Å². The fraction of sp³-hybridized carbons (Fsp3) is 0.333. The van der Waals surface area contributed by atoms with Crippen LogP contribution in [0.5, 0.6) is 0 Å². The van der Waals surface area contributed by atoms with Gasteiger partial charge in [-0.1, -0.05) is 24.3 Å². The smallest absolute Gasteiger partial charge is 0.334 e. The normalized spacial score (nSPS) is 18.8. The number of aliphatic carboxylic acids is 1. The first-order chi connectivity index (χ1) is 8.09. The van der Waals surface area contributed by atoms with Crippen LogP contribution in [0.3, 0.4) is 0 Å². The van der Waals surface area contributed by atoms with Crippen molar-refractivity contribution in [2.24, 2.45) is 0 Å². The molecule has 0 saturated heterocycles. The van der Waals surface area contributed by atoms with Gasteiger partial charge >= 0.3 is 5.97 Å². The molecule has 0 aromatic heterocycles. The fourth-order valence-corrected chi connectivity index (χ4v) is 1.90. The first-order valence-corrected chi connectivity index (χ1v) is 5.36. The second-order valence-corrected chi connectivity index (χ2v) is 4.05. The number of carboxylic acid groups (broad SMARTS) is 1. The topological polar surface area (TPSA) is 86.6 Å². The highest BCUT2D eigenvalue weighted by molar-refractivity contribution is 5.87. The molecule has 2 atom stereocenters. The van der Waals surface area contributed by atoms with E-state index in [-0.39, 0.29) is 18.4 Å². The van der Waals surface area contributed by atoms with Crippen molar-refractivity contribution >= 4 is 11.9 Å². The van der Waals surface area contributed by atoms with Gasteiger partial charge in [0, 0.05) is 0 Å². The van der Waals surface area contributed by atoms with Gasteiger partial charge in [-0.3, -0.25) is 4.79 Å². The third-order valence-corrected chi connectivity index (χ3v) is 2.93. The number of aliphatic hydroxyl groups excluding tert-OH is 1. The number of rotatable bonds is 4. The molecule has 1 aliphatic rings. The van der Waals surface area contributed by atoms with E-state index < -0.39 is 12.1 Å². The highest BCUT2D eigenvalue weighted by Crippen LogP contribution is 2.34. The average Bonchev–Trinajstić information content (AvgIpc) is 2.27. The molecular weight excluding hydrogens is 222 g/mol. The number of carbonyl (C=O) groups is 2. The van der Waals surface area contributed by atoms with E-state index in [0.29, 0.717) is 6.42 Å². The number of benzene rings is 1. The number of carbonyl (C=O) groups excluding carboxylic acids is 1. The molecule has 1 aromatic rings. The molecule has 0 spiro atoms. The predicted molar refractivity (Wildman–Crippen MR) is 59.5 cm³/mol. The Labute approximate surface area is 98.1 Å². The molecule has 1 amide bonds. The summed E-state index contributed by atoms with van der Waals surface area (Å²) in [4.78, 5) is 22.1. The molecule has 1 aliphatic carbocycles. The Kier molecular flexibility index (Phi) is 3.10. The summed E-state index contributed by atoms with van der Waals surface area (Å²) in [6, 6.07) is 7.63. The Morgan fingerprint density at radius 1 is 1.41 bits per heavy atom. The SMILES string of the molecule is O=C(O)C(O)CNC(=O)C1Cc2ccccc21. The van der Waals surface area contributed by atoms with Gasteiger partial charge in [0.25, 0.3) is 0 Å². The van der Waals surface area contributed by atoms with Gasteiger partial charge in [0.15, 0.2) is 6.10 Å². The van der Waals surface area contributed by atoms with Crippen LogP contribution in [0.4, 0.5) is 0 Å². The van der Waals surface area contributed by atoms with Crippen molar-refractivity contribution in [3.05, 3.63) is 35.4 Å². The van der Waals surface area contributed by atoms with Crippen LogP contribution in [0.15, 0.2) is 24.3 Å². The average molecular weight is 235 g/mol. The summed E-state index contributed by atoms with van der Waals surface area (Å²) < 4.78 is 0. The molecule has 0 saturated carbocycles. The summed E-state index contributed by atoms with van der Waals surface area (Å²) in [5, 5.41) is 19.9. The van der Waals surface area contributed by atoms with Crippen LogP contribution >= 0.6 is 0 Å². The van der Waals surface area contributed by atoms with Crippen molar-refractivity contribution < 1.29 is 19.8 Å². The van der Waals surface area contributed by atoms with E-state index in [2.05, 4.69) is 5.32 Å².